The van der Waals surface area contributed by atoms with Crippen LogP contribution in [-0.4, -0.2) is 28.1 Å². The van der Waals surface area contributed by atoms with Crippen LogP contribution in [0.4, 0.5) is 0 Å². The number of Topliss-reactive ketones (excluding diaryl/α,β-unsaturated/α-hetero) is 1. The van der Waals surface area contributed by atoms with Gasteiger partial charge < -0.3 is 9.88 Å². The van der Waals surface area contributed by atoms with Gasteiger partial charge in [0.2, 0.25) is 0 Å². The third-order valence-corrected chi connectivity index (χ3v) is 6.13. The van der Waals surface area contributed by atoms with Crippen LogP contribution in [0.15, 0.2) is 42.5 Å². The summed E-state index contributed by atoms with van der Waals surface area (Å²) in [5, 5.41) is 1.57. The zero-order chi connectivity index (χ0) is 21.3. The Bertz CT molecular complexity index is 1100. The lowest BCUT2D eigenvalue weighted by atomic mass is 10.0. The Morgan fingerprint density at radius 3 is 2.60 bits per heavy atom. The second kappa shape index (κ2) is 8.65. The molecule has 0 bridgehead atoms. The SMILES string of the molecule is CCCc1[nH]c2cc(C(=O)N(Cc3ccccc3Cl)CC3CC3)ccc2c1C(C)=O. The van der Waals surface area contributed by atoms with Gasteiger partial charge >= 0.3 is 0 Å². The molecule has 0 aliphatic heterocycles. The van der Waals surface area contributed by atoms with Crippen LogP contribution in [0.1, 0.15) is 65.1 Å². The number of benzene rings is 2. The summed E-state index contributed by atoms with van der Waals surface area (Å²) in [6.45, 7) is 4.93. The van der Waals surface area contributed by atoms with Crippen LogP contribution in [0.2, 0.25) is 5.02 Å². The molecule has 3 aromatic rings. The lowest BCUT2D eigenvalue weighted by molar-refractivity contribution is 0.0735. The van der Waals surface area contributed by atoms with Crippen molar-refractivity contribution in [3.05, 3.63) is 69.9 Å². The third kappa shape index (κ3) is 4.29. The Morgan fingerprint density at radius 2 is 1.93 bits per heavy atom. The normalized spacial score (nSPS) is 13.6. The Morgan fingerprint density at radius 1 is 1.17 bits per heavy atom. The lowest BCUT2D eigenvalue weighted by Crippen LogP contribution is -2.32. The number of H-pyrrole nitrogens is 1. The van der Waals surface area contributed by atoms with E-state index in [4.69, 9.17) is 11.6 Å². The fraction of sp³-hybridized carbons (Fsp3) is 0.360. The van der Waals surface area contributed by atoms with Crippen molar-refractivity contribution in [2.45, 2.75) is 46.1 Å². The van der Waals surface area contributed by atoms with Crippen molar-refractivity contribution in [1.82, 2.24) is 9.88 Å². The first-order valence-corrected chi connectivity index (χ1v) is 11.0. The molecule has 1 saturated carbocycles. The van der Waals surface area contributed by atoms with Crippen molar-refractivity contribution in [3.8, 4) is 0 Å². The van der Waals surface area contributed by atoms with Crippen LogP contribution in [0.3, 0.4) is 0 Å². The zero-order valence-electron chi connectivity index (χ0n) is 17.5. The molecule has 1 N–H and O–H groups in total. The first-order valence-electron chi connectivity index (χ1n) is 10.7. The van der Waals surface area contributed by atoms with E-state index < -0.39 is 0 Å². The van der Waals surface area contributed by atoms with E-state index in [0.717, 1.165) is 47.1 Å². The standard InChI is InChI=1S/C25H27ClN2O2/c1-3-6-22-24(16(2)29)20-12-11-18(13-23(20)27-22)25(30)28(14-17-9-10-17)15-19-7-4-5-8-21(19)26/h4-5,7-8,11-13,17,27H,3,6,9-10,14-15H2,1-2H3. The highest BCUT2D eigenvalue weighted by atomic mass is 35.5. The fourth-order valence-corrected chi connectivity index (χ4v) is 4.27. The number of ketones is 1. The molecule has 1 aliphatic carbocycles. The van der Waals surface area contributed by atoms with E-state index >= 15 is 0 Å². The predicted molar refractivity (Wildman–Crippen MR) is 121 cm³/mol. The molecular weight excluding hydrogens is 396 g/mol. The van der Waals surface area contributed by atoms with Gasteiger partial charge in [-0.2, -0.15) is 0 Å². The van der Waals surface area contributed by atoms with Gasteiger partial charge in [0.05, 0.1) is 0 Å². The van der Waals surface area contributed by atoms with Gasteiger partial charge in [0.25, 0.3) is 5.91 Å². The van der Waals surface area contributed by atoms with E-state index in [9.17, 15) is 9.59 Å². The quantitative estimate of drug-likeness (QED) is 0.450. The molecule has 0 radical (unpaired) electrons. The Labute approximate surface area is 182 Å². The van der Waals surface area contributed by atoms with Crippen LogP contribution in [0, 0.1) is 5.92 Å². The van der Waals surface area contributed by atoms with E-state index in [1.807, 2.05) is 47.4 Å². The molecule has 0 saturated heterocycles. The molecule has 4 rings (SSSR count). The highest BCUT2D eigenvalue weighted by Crippen LogP contribution is 2.32. The molecule has 5 heteroatoms. The molecule has 1 heterocycles. The molecule has 0 atom stereocenters. The van der Waals surface area contributed by atoms with E-state index in [-0.39, 0.29) is 11.7 Å². The topological polar surface area (TPSA) is 53.2 Å². The summed E-state index contributed by atoms with van der Waals surface area (Å²) in [5.74, 6) is 0.628. The second-order valence-corrected chi connectivity index (χ2v) is 8.67. The molecular formula is C25H27ClN2O2. The Hall–Kier alpha value is -2.59. The number of carbonyl (C=O) groups is 2. The summed E-state index contributed by atoms with van der Waals surface area (Å²) in [6.07, 6.45) is 4.10. The lowest BCUT2D eigenvalue weighted by Gasteiger charge is -2.23. The number of aryl methyl sites for hydroxylation is 1. The van der Waals surface area contributed by atoms with E-state index in [0.29, 0.717) is 23.0 Å². The zero-order valence-corrected chi connectivity index (χ0v) is 18.3. The van der Waals surface area contributed by atoms with Crippen LogP contribution in [0.25, 0.3) is 10.9 Å². The molecule has 4 nitrogen and oxygen atoms in total. The molecule has 2 aromatic carbocycles. The molecule has 1 fully saturated rings. The molecule has 0 unspecified atom stereocenters. The molecule has 30 heavy (non-hydrogen) atoms. The minimum atomic E-state index is -0.000244. The highest BCUT2D eigenvalue weighted by Gasteiger charge is 2.28. The minimum Gasteiger partial charge on any atom is -0.358 e. The summed E-state index contributed by atoms with van der Waals surface area (Å²) in [6, 6.07) is 13.3. The number of aromatic amines is 1. The van der Waals surface area contributed by atoms with Gasteiger partial charge in [0.1, 0.15) is 0 Å². The van der Waals surface area contributed by atoms with Crippen LogP contribution in [0.5, 0.6) is 0 Å². The van der Waals surface area contributed by atoms with Gasteiger partial charge in [0, 0.05) is 45.8 Å². The van der Waals surface area contributed by atoms with Crippen molar-refractivity contribution in [1.29, 1.82) is 0 Å². The summed E-state index contributed by atoms with van der Waals surface area (Å²) in [5.41, 5.74) is 4.14. The number of halogens is 1. The summed E-state index contributed by atoms with van der Waals surface area (Å²) in [7, 11) is 0. The molecule has 0 spiro atoms. The fourth-order valence-electron chi connectivity index (χ4n) is 4.07. The average molecular weight is 423 g/mol. The summed E-state index contributed by atoms with van der Waals surface area (Å²) in [4.78, 5) is 30.9. The van der Waals surface area contributed by atoms with Crippen molar-refractivity contribution >= 4 is 34.2 Å². The van der Waals surface area contributed by atoms with E-state index in [2.05, 4.69) is 11.9 Å². The van der Waals surface area contributed by atoms with Crippen molar-refractivity contribution < 1.29 is 9.59 Å². The van der Waals surface area contributed by atoms with E-state index in [1.54, 1.807) is 6.92 Å². The van der Waals surface area contributed by atoms with Crippen LogP contribution >= 0.6 is 11.6 Å². The number of nitrogens with one attached hydrogen (secondary N) is 1. The number of carbonyl (C=O) groups excluding carboxylic acids is 2. The van der Waals surface area contributed by atoms with Crippen molar-refractivity contribution in [2.75, 3.05) is 6.54 Å². The predicted octanol–water partition coefficient (Wildman–Crippen LogP) is 6.03. The maximum absolute atomic E-state index is 13.4. The molecule has 1 amide bonds. The first-order chi connectivity index (χ1) is 14.5. The smallest absolute Gasteiger partial charge is 0.254 e. The number of hydrogen-bond donors (Lipinski definition) is 1. The van der Waals surface area contributed by atoms with Gasteiger partial charge in [-0.15, -0.1) is 0 Å². The summed E-state index contributed by atoms with van der Waals surface area (Å²) >= 11 is 6.35. The maximum atomic E-state index is 13.4. The average Bonchev–Trinajstić information content (AvgIpc) is 3.46. The third-order valence-electron chi connectivity index (χ3n) is 5.76. The number of nitrogens with zero attached hydrogens (tertiary/aromatic N) is 1. The van der Waals surface area contributed by atoms with Crippen molar-refractivity contribution in [3.63, 3.8) is 0 Å². The Balaban J connectivity index is 1.67. The first kappa shape index (κ1) is 20.7. The van der Waals surface area contributed by atoms with Gasteiger partial charge in [-0.25, -0.2) is 0 Å². The van der Waals surface area contributed by atoms with E-state index in [1.165, 1.54) is 12.8 Å². The number of aromatic nitrogens is 1. The van der Waals surface area contributed by atoms with Gasteiger partial charge in [0.15, 0.2) is 5.78 Å². The van der Waals surface area contributed by atoms with Gasteiger partial charge in [-0.05, 0) is 55.9 Å². The van der Waals surface area contributed by atoms with Gasteiger partial charge in [-0.3, -0.25) is 9.59 Å². The molecule has 156 valence electrons. The monoisotopic (exact) mass is 422 g/mol. The highest BCUT2D eigenvalue weighted by molar-refractivity contribution is 6.31. The van der Waals surface area contributed by atoms with Crippen LogP contribution in [-0.2, 0) is 13.0 Å². The number of rotatable bonds is 8. The number of amides is 1. The number of fused-ring (bicyclic) bond motifs is 1. The number of hydrogen-bond acceptors (Lipinski definition) is 2. The van der Waals surface area contributed by atoms with Crippen LogP contribution < -0.4 is 0 Å². The second-order valence-electron chi connectivity index (χ2n) is 8.27. The molecule has 1 aliphatic rings. The molecule has 1 aromatic heterocycles. The van der Waals surface area contributed by atoms with Gasteiger partial charge in [-0.1, -0.05) is 49.2 Å². The maximum Gasteiger partial charge on any atom is 0.254 e. The minimum absolute atomic E-state index is 0.000244. The largest absolute Gasteiger partial charge is 0.358 e. The van der Waals surface area contributed by atoms with Crippen molar-refractivity contribution in [2.24, 2.45) is 5.92 Å². The Kier molecular flexibility index (Phi) is 5.96. The summed E-state index contributed by atoms with van der Waals surface area (Å²) < 4.78 is 0.